The molecule has 0 aliphatic carbocycles. The van der Waals surface area contributed by atoms with Gasteiger partial charge < -0.3 is 10.6 Å². The number of aliphatic imine (C=N–C) groups is 2. The van der Waals surface area contributed by atoms with Crippen LogP contribution in [0.5, 0.6) is 0 Å². The third kappa shape index (κ3) is 2.74. The number of nitrogens with zero attached hydrogens (tertiary/aromatic N) is 2. The highest BCUT2D eigenvalue weighted by Crippen LogP contribution is 2.24. The van der Waals surface area contributed by atoms with E-state index in [1.54, 1.807) is 0 Å². The third-order valence-electron chi connectivity index (χ3n) is 4.96. The molecule has 8 bridgehead atoms. The molecular formula is C20H20N4. The maximum absolute atomic E-state index is 4.73. The van der Waals surface area contributed by atoms with Crippen molar-refractivity contribution in [2.75, 3.05) is 0 Å². The van der Waals surface area contributed by atoms with Crippen LogP contribution in [0.3, 0.4) is 0 Å². The van der Waals surface area contributed by atoms with E-state index in [4.69, 9.17) is 9.98 Å². The SMILES string of the molecule is C1=CC2=NC1=CC1CCC(C=C3C=CC(=N3)C=C3CCC(=C2)N3)N1. The van der Waals surface area contributed by atoms with Gasteiger partial charge in [-0.05, 0) is 74.3 Å². The fraction of sp³-hybridized carbons (Fsp3) is 0.300. The van der Waals surface area contributed by atoms with Gasteiger partial charge in [0.2, 0.25) is 0 Å². The summed E-state index contributed by atoms with van der Waals surface area (Å²) in [7, 11) is 0. The zero-order chi connectivity index (χ0) is 15.9. The van der Waals surface area contributed by atoms with Crippen LogP contribution in [-0.2, 0) is 0 Å². The maximum atomic E-state index is 4.73. The molecule has 2 unspecified atom stereocenters. The molecule has 2 N–H and O–H groups in total. The number of rotatable bonds is 0. The van der Waals surface area contributed by atoms with Crippen molar-refractivity contribution >= 4 is 11.4 Å². The van der Waals surface area contributed by atoms with Crippen LogP contribution in [0.2, 0.25) is 0 Å². The molecule has 0 radical (unpaired) electrons. The summed E-state index contributed by atoms with van der Waals surface area (Å²) in [6.07, 6.45) is 21.6. The van der Waals surface area contributed by atoms with Gasteiger partial charge >= 0.3 is 0 Å². The van der Waals surface area contributed by atoms with Crippen molar-refractivity contribution in [3.05, 3.63) is 71.4 Å². The average molecular weight is 316 g/mol. The average Bonchev–Trinajstić information content (AvgIpc) is 3.32. The monoisotopic (exact) mass is 316 g/mol. The van der Waals surface area contributed by atoms with Crippen molar-refractivity contribution in [3.63, 3.8) is 0 Å². The second-order valence-electron chi connectivity index (χ2n) is 6.84. The highest BCUT2D eigenvalue weighted by atomic mass is 15.0. The molecule has 0 aromatic carbocycles. The van der Waals surface area contributed by atoms with Crippen molar-refractivity contribution in [2.45, 2.75) is 37.8 Å². The van der Waals surface area contributed by atoms with Gasteiger partial charge in [-0.2, -0.15) is 0 Å². The van der Waals surface area contributed by atoms with E-state index in [0.29, 0.717) is 12.1 Å². The molecule has 0 aromatic rings. The zero-order valence-corrected chi connectivity index (χ0v) is 13.5. The first-order valence-corrected chi connectivity index (χ1v) is 8.72. The number of nitrogens with one attached hydrogen (secondary N) is 2. The Kier molecular flexibility index (Phi) is 3.23. The molecule has 0 amide bonds. The van der Waals surface area contributed by atoms with Gasteiger partial charge in [-0.15, -0.1) is 0 Å². The van der Waals surface area contributed by atoms with Crippen molar-refractivity contribution in [2.24, 2.45) is 9.98 Å². The molecule has 2 saturated heterocycles. The maximum Gasteiger partial charge on any atom is 0.0654 e. The van der Waals surface area contributed by atoms with E-state index in [2.05, 4.69) is 59.2 Å². The Labute approximate surface area is 141 Å². The molecule has 0 aromatic heterocycles. The first-order valence-electron chi connectivity index (χ1n) is 8.72. The molecule has 5 heterocycles. The van der Waals surface area contributed by atoms with E-state index in [9.17, 15) is 0 Å². The first kappa shape index (κ1) is 13.9. The molecular weight excluding hydrogens is 296 g/mol. The van der Waals surface area contributed by atoms with E-state index in [-0.39, 0.29) is 0 Å². The number of allylic oxidation sites excluding steroid dienone is 8. The molecule has 0 spiro atoms. The minimum Gasteiger partial charge on any atom is -0.362 e. The Morgan fingerprint density at radius 2 is 1.29 bits per heavy atom. The quantitative estimate of drug-likeness (QED) is 0.721. The molecule has 120 valence electrons. The zero-order valence-electron chi connectivity index (χ0n) is 13.5. The van der Waals surface area contributed by atoms with Gasteiger partial charge in [0, 0.05) is 23.5 Å². The standard InChI is InChI=1S/C20H20N4/c1-2-14-10-16-5-6-18(23-16)12-20-8-7-19(24-20)11-17-4-3-15(22-17)9-13(1)21-14/h1-2,7-12,15,17,22-23H,3-6H2. The first-order chi connectivity index (χ1) is 11.8. The van der Waals surface area contributed by atoms with E-state index < -0.39 is 0 Å². The fourth-order valence-electron chi connectivity index (χ4n) is 3.79. The van der Waals surface area contributed by atoms with Gasteiger partial charge in [-0.3, -0.25) is 0 Å². The molecule has 2 atom stereocenters. The molecule has 5 aliphatic heterocycles. The second kappa shape index (κ2) is 5.56. The lowest BCUT2D eigenvalue weighted by molar-refractivity contribution is 0.666. The normalized spacial score (nSPS) is 30.3. The van der Waals surface area contributed by atoms with Gasteiger partial charge in [0.25, 0.3) is 0 Å². The van der Waals surface area contributed by atoms with Gasteiger partial charge in [0.15, 0.2) is 0 Å². The predicted molar refractivity (Wildman–Crippen MR) is 97.8 cm³/mol. The van der Waals surface area contributed by atoms with E-state index in [1.807, 2.05) is 0 Å². The number of fused-ring (bicyclic) bond motifs is 6. The van der Waals surface area contributed by atoms with Crippen LogP contribution >= 0.6 is 0 Å². The highest BCUT2D eigenvalue weighted by molar-refractivity contribution is 6.08. The summed E-state index contributed by atoms with van der Waals surface area (Å²) in [6, 6.07) is 0.778. The lowest BCUT2D eigenvalue weighted by Gasteiger charge is -2.08. The topological polar surface area (TPSA) is 48.8 Å². The summed E-state index contributed by atoms with van der Waals surface area (Å²) in [5.74, 6) is 0. The number of hydrogen-bond donors (Lipinski definition) is 2. The van der Waals surface area contributed by atoms with Gasteiger partial charge in [-0.1, -0.05) is 0 Å². The van der Waals surface area contributed by atoms with Crippen LogP contribution in [0.15, 0.2) is 81.4 Å². The van der Waals surface area contributed by atoms with E-state index in [1.165, 1.54) is 11.4 Å². The Balaban J connectivity index is 1.54. The molecule has 24 heavy (non-hydrogen) atoms. The summed E-state index contributed by atoms with van der Waals surface area (Å²) in [6.45, 7) is 0. The minimum atomic E-state index is 0.389. The second-order valence-corrected chi connectivity index (χ2v) is 6.84. The van der Waals surface area contributed by atoms with E-state index in [0.717, 1.165) is 48.5 Å². The van der Waals surface area contributed by atoms with Crippen molar-refractivity contribution in [3.8, 4) is 0 Å². The Morgan fingerprint density at radius 1 is 0.750 bits per heavy atom. The van der Waals surface area contributed by atoms with Gasteiger partial charge in [0.05, 0.1) is 22.8 Å². The third-order valence-corrected chi connectivity index (χ3v) is 4.96. The van der Waals surface area contributed by atoms with Crippen LogP contribution in [-0.4, -0.2) is 23.5 Å². The van der Waals surface area contributed by atoms with Gasteiger partial charge in [-0.25, -0.2) is 9.98 Å². The molecule has 0 saturated carbocycles. The predicted octanol–water partition coefficient (Wildman–Crippen LogP) is 3.06. The van der Waals surface area contributed by atoms with Crippen LogP contribution in [0.25, 0.3) is 0 Å². The summed E-state index contributed by atoms with van der Waals surface area (Å²) in [4.78, 5) is 9.46. The Bertz CT molecular complexity index is 762. The number of hydrogen-bond acceptors (Lipinski definition) is 4. The van der Waals surface area contributed by atoms with Crippen LogP contribution in [0.1, 0.15) is 25.7 Å². The molecule has 2 fully saturated rings. The lowest BCUT2D eigenvalue weighted by atomic mass is 10.1. The molecule has 4 heteroatoms. The molecule has 5 rings (SSSR count). The van der Waals surface area contributed by atoms with Gasteiger partial charge in [0.1, 0.15) is 0 Å². The van der Waals surface area contributed by atoms with Crippen LogP contribution in [0, 0.1) is 0 Å². The Morgan fingerprint density at radius 3 is 1.83 bits per heavy atom. The molecule has 5 aliphatic rings. The highest BCUT2D eigenvalue weighted by Gasteiger charge is 2.22. The summed E-state index contributed by atoms with van der Waals surface area (Å²) < 4.78 is 0. The summed E-state index contributed by atoms with van der Waals surface area (Å²) >= 11 is 0. The minimum absolute atomic E-state index is 0.389. The molecule has 4 nitrogen and oxygen atoms in total. The van der Waals surface area contributed by atoms with Crippen molar-refractivity contribution in [1.29, 1.82) is 0 Å². The van der Waals surface area contributed by atoms with Crippen molar-refractivity contribution < 1.29 is 0 Å². The summed E-state index contributed by atoms with van der Waals surface area (Å²) in [5, 5.41) is 7.18. The fourth-order valence-corrected chi connectivity index (χ4v) is 3.79. The smallest absolute Gasteiger partial charge is 0.0654 e. The Hall–Kier alpha value is -2.46. The van der Waals surface area contributed by atoms with Crippen LogP contribution < -0.4 is 10.6 Å². The lowest BCUT2D eigenvalue weighted by Crippen LogP contribution is -2.26. The van der Waals surface area contributed by atoms with Crippen LogP contribution in [0.4, 0.5) is 0 Å². The van der Waals surface area contributed by atoms with Crippen molar-refractivity contribution in [1.82, 2.24) is 10.6 Å². The van der Waals surface area contributed by atoms with E-state index >= 15 is 0 Å². The largest absolute Gasteiger partial charge is 0.362 e. The summed E-state index contributed by atoms with van der Waals surface area (Å²) in [5.41, 5.74) is 6.66.